The number of nitrogens with zero attached hydrogens (tertiary/aromatic N) is 1. The van der Waals surface area contributed by atoms with Crippen LogP contribution in [0.15, 0.2) is 29.3 Å². The number of aliphatic imine (C=N–C) groups is 1. The molecule has 4 heteroatoms. The van der Waals surface area contributed by atoms with Crippen LogP contribution in [0.1, 0.15) is 38.2 Å². The zero-order chi connectivity index (χ0) is 14.2. The lowest BCUT2D eigenvalue weighted by molar-refractivity contribution is 0.242. The van der Waals surface area contributed by atoms with Crippen molar-refractivity contribution < 1.29 is 4.74 Å². The van der Waals surface area contributed by atoms with Gasteiger partial charge in [-0.1, -0.05) is 44.4 Å². The second-order valence-electron chi connectivity index (χ2n) is 5.27. The summed E-state index contributed by atoms with van der Waals surface area (Å²) >= 11 is 0. The largest absolute Gasteiger partial charge is 0.488 e. The summed E-state index contributed by atoms with van der Waals surface area (Å²) in [4.78, 5) is 4.37. The molecular weight excluding hydrogens is 250 g/mol. The van der Waals surface area contributed by atoms with Crippen LogP contribution in [-0.2, 0) is 6.42 Å². The Morgan fingerprint density at radius 1 is 1.35 bits per heavy atom. The summed E-state index contributed by atoms with van der Waals surface area (Å²) in [6.45, 7) is 3.73. The number of nitrogens with two attached hydrogens (primary N) is 1. The third-order valence-electron chi connectivity index (χ3n) is 3.52. The van der Waals surface area contributed by atoms with E-state index in [0.717, 1.165) is 25.1 Å². The van der Waals surface area contributed by atoms with Gasteiger partial charge in [-0.05, 0) is 18.1 Å². The van der Waals surface area contributed by atoms with Gasteiger partial charge in [-0.25, -0.2) is 4.99 Å². The summed E-state index contributed by atoms with van der Waals surface area (Å²) in [6.07, 6.45) is 5.97. The van der Waals surface area contributed by atoms with E-state index in [1.54, 1.807) is 0 Å². The molecule has 1 atom stereocenters. The van der Waals surface area contributed by atoms with Gasteiger partial charge in [-0.15, -0.1) is 0 Å². The highest BCUT2D eigenvalue weighted by Gasteiger charge is 2.21. The van der Waals surface area contributed by atoms with Gasteiger partial charge >= 0.3 is 0 Å². The van der Waals surface area contributed by atoms with Gasteiger partial charge < -0.3 is 15.8 Å². The lowest BCUT2D eigenvalue weighted by atomic mass is 10.1. The van der Waals surface area contributed by atoms with Gasteiger partial charge in [0.25, 0.3) is 0 Å². The molecule has 1 aromatic rings. The predicted molar refractivity (Wildman–Crippen MR) is 83.2 cm³/mol. The number of para-hydroxylation sites is 1. The summed E-state index contributed by atoms with van der Waals surface area (Å²) in [7, 11) is 0. The SMILES string of the molecule is CCCCCCNC(N)=NCC1Cc2ccccc2O1. The van der Waals surface area contributed by atoms with E-state index in [-0.39, 0.29) is 6.10 Å². The summed E-state index contributed by atoms with van der Waals surface area (Å²) in [5.41, 5.74) is 7.12. The molecule has 1 aliphatic rings. The maximum Gasteiger partial charge on any atom is 0.188 e. The quantitative estimate of drug-likeness (QED) is 0.456. The fourth-order valence-corrected chi connectivity index (χ4v) is 2.38. The van der Waals surface area contributed by atoms with Crippen LogP contribution in [0.2, 0.25) is 0 Å². The zero-order valence-electron chi connectivity index (χ0n) is 12.3. The third kappa shape index (κ3) is 4.44. The first kappa shape index (κ1) is 14.7. The number of nitrogens with one attached hydrogen (secondary N) is 1. The molecule has 0 saturated heterocycles. The number of benzene rings is 1. The number of ether oxygens (including phenoxy) is 1. The molecule has 0 saturated carbocycles. The van der Waals surface area contributed by atoms with Crippen molar-refractivity contribution in [3.63, 3.8) is 0 Å². The van der Waals surface area contributed by atoms with Crippen molar-refractivity contribution >= 4 is 5.96 Å². The minimum atomic E-state index is 0.118. The number of hydrogen-bond donors (Lipinski definition) is 2. The lowest BCUT2D eigenvalue weighted by Gasteiger charge is -2.09. The molecule has 20 heavy (non-hydrogen) atoms. The van der Waals surface area contributed by atoms with Crippen LogP contribution in [0.25, 0.3) is 0 Å². The van der Waals surface area contributed by atoms with Crippen LogP contribution in [0.5, 0.6) is 5.75 Å². The average molecular weight is 275 g/mol. The Bertz CT molecular complexity index is 420. The molecule has 0 bridgehead atoms. The first-order valence-corrected chi connectivity index (χ1v) is 7.58. The van der Waals surface area contributed by atoms with Gasteiger partial charge in [0.15, 0.2) is 5.96 Å². The molecule has 110 valence electrons. The second-order valence-corrected chi connectivity index (χ2v) is 5.27. The van der Waals surface area contributed by atoms with Crippen molar-refractivity contribution in [1.29, 1.82) is 0 Å². The molecule has 1 heterocycles. The molecule has 0 amide bonds. The van der Waals surface area contributed by atoms with Crippen molar-refractivity contribution in [3.8, 4) is 5.75 Å². The Kier molecular flexibility index (Phi) is 5.71. The van der Waals surface area contributed by atoms with Crippen molar-refractivity contribution in [2.45, 2.75) is 45.1 Å². The van der Waals surface area contributed by atoms with Gasteiger partial charge in [-0.2, -0.15) is 0 Å². The normalized spacial score (nSPS) is 17.6. The van der Waals surface area contributed by atoms with Crippen LogP contribution >= 0.6 is 0 Å². The van der Waals surface area contributed by atoms with E-state index >= 15 is 0 Å². The van der Waals surface area contributed by atoms with E-state index in [1.165, 1.54) is 24.8 Å². The Morgan fingerprint density at radius 2 is 2.20 bits per heavy atom. The lowest BCUT2D eigenvalue weighted by Crippen LogP contribution is -2.33. The molecule has 0 spiro atoms. The fourth-order valence-electron chi connectivity index (χ4n) is 2.38. The van der Waals surface area contributed by atoms with E-state index in [4.69, 9.17) is 10.5 Å². The Balaban J connectivity index is 1.66. The molecular formula is C16H25N3O. The topological polar surface area (TPSA) is 59.6 Å². The Morgan fingerprint density at radius 3 is 3.00 bits per heavy atom. The standard InChI is InChI=1S/C16H25N3O/c1-2-3-4-7-10-18-16(17)19-12-14-11-13-8-5-6-9-15(13)20-14/h5-6,8-9,14H,2-4,7,10-12H2,1H3,(H3,17,18,19). The van der Waals surface area contributed by atoms with Crippen molar-refractivity contribution in [3.05, 3.63) is 29.8 Å². The average Bonchev–Trinajstić information content (AvgIpc) is 2.88. The monoisotopic (exact) mass is 275 g/mol. The number of fused-ring (bicyclic) bond motifs is 1. The van der Waals surface area contributed by atoms with Crippen molar-refractivity contribution in [1.82, 2.24) is 5.32 Å². The smallest absolute Gasteiger partial charge is 0.188 e. The van der Waals surface area contributed by atoms with E-state index in [9.17, 15) is 0 Å². The maximum atomic E-state index is 5.85. The summed E-state index contributed by atoms with van der Waals surface area (Å²) in [5.74, 6) is 1.51. The number of hydrogen-bond acceptors (Lipinski definition) is 2. The van der Waals surface area contributed by atoms with E-state index in [1.807, 2.05) is 18.2 Å². The van der Waals surface area contributed by atoms with Crippen LogP contribution in [0, 0.1) is 0 Å². The van der Waals surface area contributed by atoms with Gasteiger partial charge in [0.2, 0.25) is 0 Å². The first-order valence-electron chi connectivity index (χ1n) is 7.58. The molecule has 0 fully saturated rings. The van der Waals surface area contributed by atoms with E-state index < -0.39 is 0 Å². The number of rotatable bonds is 7. The van der Waals surface area contributed by atoms with Crippen molar-refractivity contribution in [2.24, 2.45) is 10.7 Å². The molecule has 3 N–H and O–H groups in total. The molecule has 1 aromatic carbocycles. The highest BCUT2D eigenvalue weighted by molar-refractivity contribution is 5.77. The minimum Gasteiger partial charge on any atom is -0.488 e. The van der Waals surface area contributed by atoms with Crippen LogP contribution < -0.4 is 15.8 Å². The van der Waals surface area contributed by atoms with Crippen LogP contribution in [0.4, 0.5) is 0 Å². The van der Waals surface area contributed by atoms with Gasteiger partial charge in [-0.3, -0.25) is 0 Å². The highest BCUT2D eigenvalue weighted by atomic mass is 16.5. The molecule has 1 unspecified atom stereocenters. The Labute approximate surface area is 121 Å². The molecule has 0 aliphatic carbocycles. The van der Waals surface area contributed by atoms with Crippen molar-refractivity contribution in [2.75, 3.05) is 13.1 Å². The van der Waals surface area contributed by atoms with Crippen LogP contribution in [0.3, 0.4) is 0 Å². The Hall–Kier alpha value is -1.71. The summed E-state index contributed by atoms with van der Waals surface area (Å²) in [5, 5.41) is 3.16. The summed E-state index contributed by atoms with van der Waals surface area (Å²) in [6, 6.07) is 8.15. The van der Waals surface area contributed by atoms with Gasteiger partial charge in [0.05, 0.1) is 6.54 Å². The molecule has 1 aliphatic heterocycles. The second kappa shape index (κ2) is 7.78. The molecule has 0 aromatic heterocycles. The minimum absolute atomic E-state index is 0.118. The first-order chi connectivity index (χ1) is 9.79. The van der Waals surface area contributed by atoms with Gasteiger partial charge in [0.1, 0.15) is 11.9 Å². The molecule has 0 radical (unpaired) electrons. The maximum absolute atomic E-state index is 5.85. The molecule has 4 nitrogen and oxygen atoms in total. The number of unbranched alkanes of at least 4 members (excludes halogenated alkanes) is 3. The van der Waals surface area contributed by atoms with Gasteiger partial charge in [0, 0.05) is 13.0 Å². The third-order valence-corrected chi connectivity index (χ3v) is 3.52. The van der Waals surface area contributed by atoms with E-state index in [0.29, 0.717) is 12.5 Å². The fraction of sp³-hybridized carbons (Fsp3) is 0.562. The van der Waals surface area contributed by atoms with Crippen LogP contribution in [-0.4, -0.2) is 25.2 Å². The highest BCUT2D eigenvalue weighted by Crippen LogP contribution is 2.27. The zero-order valence-corrected chi connectivity index (χ0v) is 12.3. The summed E-state index contributed by atoms with van der Waals surface area (Å²) < 4.78 is 5.82. The number of guanidine groups is 1. The van der Waals surface area contributed by atoms with E-state index in [2.05, 4.69) is 23.3 Å². The molecule has 2 rings (SSSR count). The predicted octanol–water partition coefficient (Wildman–Crippen LogP) is 2.47.